The molecule has 0 aliphatic carbocycles. The van der Waals surface area contributed by atoms with E-state index in [-0.39, 0.29) is 11.9 Å². The summed E-state index contributed by atoms with van der Waals surface area (Å²) in [6.07, 6.45) is 1.26. The molecule has 1 N–H and O–H groups in total. The Morgan fingerprint density at radius 3 is 2.38 bits per heavy atom. The van der Waals surface area contributed by atoms with Gasteiger partial charge in [-0.2, -0.15) is 0 Å². The Balaban J connectivity index is 2.07. The summed E-state index contributed by atoms with van der Waals surface area (Å²) in [7, 11) is 1.67. The number of carbonyl (C=O) groups excluding carboxylic acids is 1. The first-order valence-electron chi connectivity index (χ1n) is 8.44. The van der Waals surface area contributed by atoms with Crippen molar-refractivity contribution in [1.82, 2.24) is 5.32 Å². The topological polar surface area (TPSA) is 38.3 Å². The van der Waals surface area contributed by atoms with Crippen LogP contribution in [0.15, 0.2) is 36.4 Å². The molecule has 0 bridgehead atoms. The highest BCUT2D eigenvalue weighted by Gasteiger charge is 2.14. The maximum atomic E-state index is 12.4. The van der Waals surface area contributed by atoms with Crippen LogP contribution >= 0.6 is 0 Å². The van der Waals surface area contributed by atoms with Crippen LogP contribution in [-0.4, -0.2) is 13.0 Å². The predicted octanol–water partition coefficient (Wildman–Crippen LogP) is 4.43. The average molecular weight is 325 g/mol. The van der Waals surface area contributed by atoms with Gasteiger partial charge in [-0.15, -0.1) is 0 Å². The first-order chi connectivity index (χ1) is 11.4. The highest BCUT2D eigenvalue weighted by atomic mass is 16.5. The van der Waals surface area contributed by atoms with E-state index in [1.165, 1.54) is 11.1 Å². The van der Waals surface area contributed by atoms with Crippen LogP contribution in [0.25, 0.3) is 0 Å². The summed E-state index contributed by atoms with van der Waals surface area (Å²) in [6, 6.07) is 12.3. The third-order valence-electron chi connectivity index (χ3n) is 4.50. The van der Waals surface area contributed by atoms with Crippen molar-refractivity contribution in [3.8, 4) is 5.75 Å². The average Bonchev–Trinajstić information content (AvgIpc) is 2.56. The smallest absolute Gasteiger partial charge is 0.224 e. The largest absolute Gasteiger partial charge is 0.496 e. The number of methoxy groups -OCH3 is 1. The van der Waals surface area contributed by atoms with Crippen molar-refractivity contribution in [3.05, 3.63) is 64.2 Å². The Hall–Kier alpha value is -2.29. The molecular formula is C21H27NO2. The fraction of sp³-hybridized carbons (Fsp3) is 0.381. The molecule has 3 nitrogen and oxygen atoms in total. The number of nitrogens with one attached hydrogen (secondary N) is 1. The number of ether oxygens (including phenoxy) is 1. The van der Waals surface area contributed by atoms with E-state index < -0.39 is 0 Å². The molecule has 0 aromatic heterocycles. The molecule has 0 heterocycles. The van der Waals surface area contributed by atoms with Gasteiger partial charge in [-0.1, -0.05) is 37.3 Å². The molecule has 3 heteroatoms. The van der Waals surface area contributed by atoms with E-state index in [0.717, 1.165) is 28.9 Å². The molecule has 0 fully saturated rings. The lowest BCUT2D eigenvalue weighted by Gasteiger charge is -2.19. The molecule has 1 atom stereocenters. The molecule has 128 valence electrons. The van der Waals surface area contributed by atoms with Crippen molar-refractivity contribution < 1.29 is 9.53 Å². The zero-order chi connectivity index (χ0) is 17.7. The minimum absolute atomic E-state index is 0.0219. The molecular weight excluding hydrogens is 298 g/mol. The number of hydrogen-bond acceptors (Lipinski definition) is 2. The maximum absolute atomic E-state index is 12.4. The number of carbonyl (C=O) groups is 1. The SMILES string of the molecule is CCC(NC(=O)Cc1ccc(C)c(C)c1)c1ccc(OC)c(C)c1. The first-order valence-corrected chi connectivity index (χ1v) is 8.44. The third kappa shape index (κ3) is 4.38. The van der Waals surface area contributed by atoms with Gasteiger partial charge < -0.3 is 10.1 Å². The summed E-state index contributed by atoms with van der Waals surface area (Å²) >= 11 is 0. The van der Waals surface area contributed by atoms with Crippen LogP contribution in [0.5, 0.6) is 5.75 Å². The zero-order valence-corrected chi connectivity index (χ0v) is 15.3. The minimum atomic E-state index is 0.0219. The van der Waals surface area contributed by atoms with Crippen molar-refractivity contribution in [3.63, 3.8) is 0 Å². The number of rotatable bonds is 6. The molecule has 0 saturated heterocycles. The van der Waals surface area contributed by atoms with Gasteiger partial charge in [0.15, 0.2) is 0 Å². The number of benzene rings is 2. The normalized spacial score (nSPS) is 11.9. The van der Waals surface area contributed by atoms with Crippen LogP contribution in [0, 0.1) is 20.8 Å². The number of aryl methyl sites for hydroxylation is 3. The summed E-state index contributed by atoms with van der Waals surface area (Å²) in [6.45, 7) is 8.26. The fourth-order valence-electron chi connectivity index (χ4n) is 2.88. The molecule has 24 heavy (non-hydrogen) atoms. The van der Waals surface area contributed by atoms with Gasteiger partial charge in [0, 0.05) is 0 Å². The van der Waals surface area contributed by atoms with Gasteiger partial charge in [0.1, 0.15) is 5.75 Å². The molecule has 0 radical (unpaired) electrons. The Bertz CT molecular complexity index is 722. The van der Waals surface area contributed by atoms with Crippen LogP contribution in [-0.2, 0) is 11.2 Å². The van der Waals surface area contributed by atoms with Crippen molar-refractivity contribution in [2.45, 2.75) is 46.6 Å². The van der Waals surface area contributed by atoms with Gasteiger partial charge in [-0.25, -0.2) is 0 Å². The molecule has 0 aliphatic rings. The minimum Gasteiger partial charge on any atom is -0.496 e. The highest BCUT2D eigenvalue weighted by molar-refractivity contribution is 5.79. The van der Waals surface area contributed by atoms with E-state index in [4.69, 9.17) is 4.74 Å². The van der Waals surface area contributed by atoms with E-state index in [9.17, 15) is 4.79 Å². The molecule has 2 aromatic rings. The quantitative estimate of drug-likeness (QED) is 0.853. The lowest BCUT2D eigenvalue weighted by atomic mass is 10.0. The zero-order valence-electron chi connectivity index (χ0n) is 15.3. The van der Waals surface area contributed by atoms with Gasteiger partial charge >= 0.3 is 0 Å². The lowest BCUT2D eigenvalue weighted by molar-refractivity contribution is -0.121. The van der Waals surface area contributed by atoms with Gasteiger partial charge in [0.05, 0.1) is 19.6 Å². The Morgan fingerprint density at radius 1 is 1.04 bits per heavy atom. The van der Waals surface area contributed by atoms with E-state index in [1.807, 2.05) is 25.1 Å². The molecule has 2 aromatic carbocycles. The summed E-state index contributed by atoms with van der Waals surface area (Å²) < 4.78 is 5.31. The maximum Gasteiger partial charge on any atom is 0.224 e. The standard InChI is InChI=1S/C21H27NO2/c1-6-19(18-9-10-20(24-5)16(4)12-18)22-21(23)13-17-8-7-14(2)15(3)11-17/h7-12,19H,6,13H2,1-5H3,(H,22,23). The van der Waals surface area contributed by atoms with Crippen molar-refractivity contribution in [2.75, 3.05) is 7.11 Å². The third-order valence-corrected chi connectivity index (χ3v) is 4.50. The van der Waals surface area contributed by atoms with Crippen molar-refractivity contribution in [2.24, 2.45) is 0 Å². The fourth-order valence-corrected chi connectivity index (χ4v) is 2.88. The van der Waals surface area contributed by atoms with Crippen molar-refractivity contribution >= 4 is 5.91 Å². The summed E-state index contributed by atoms with van der Waals surface area (Å²) in [5, 5.41) is 3.15. The predicted molar refractivity (Wildman–Crippen MR) is 98.5 cm³/mol. The van der Waals surface area contributed by atoms with Crippen molar-refractivity contribution in [1.29, 1.82) is 0 Å². The van der Waals surface area contributed by atoms with Crippen LogP contribution in [0.2, 0.25) is 0 Å². The summed E-state index contributed by atoms with van der Waals surface area (Å²) in [5.74, 6) is 0.925. The molecule has 1 unspecified atom stereocenters. The second-order valence-electron chi connectivity index (χ2n) is 6.35. The summed E-state index contributed by atoms with van der Waals surface area (Å²) in [5.41, 5.74) is 5.72. The molecule has 1 amide bonds. The molecule has 0 spiro atoms. The van der Waals surface area contributed by atoms with Crippen LogP contribution < -0.4 is 10.1 Å². The highest BCUT2D eigenvalue weighted by Crippen LogP contribution is 2.24. The molecule has 0 aliphatic heterocycles. The lowest BCUT2D eigenvalue weighted by Crippen LogP contribution is -2.29. The summed E-state index contributed by atoms with van der Waals surface area (Å²) in [4.78, 5) is 12.4. The van der Waals surface area contributed by atoms with E-state index in [1.54, 1.807) is 7.11 Å². The Kier molecular flexibility index (Phi) is 6.02. The van der Waals surface area contributed by atoms with Gasteiger partial charge in [0.25, 0.3) is 0 Å². The van der Waals surface area contributed by atoms with E-state index in [0.29, 0.717) is 6.42 Å². The van der Waals surface area contributed by atoms with Gasteiger partial charge in [-0.05, 0) is 61.1 Å². The number of amides is 1. The van der Waals surface area contributed by atoms with Crippen LogP contribution in [0.3, 0.4) is 0 Å². The van der Waals surface area contributed by atoms with Crippen LogP contribution in [0.1, 0.15) is 47.2 Å². The second kappa shape index (κ2) is 8.00. The molecule has 2 rings (SSSR count). The Morgan fingerprint density at radius 2 is 1.79 bits per heavy atom. The van der Waals surface area contributed by atoms with E-state index >= 15 is 0 Å². The van der Waals surface area contributed by atoms with Gasteiger partial charge in [0.2, 0.25) is 5.91 Å². The van der Waals surface area contributed by atoms with E-state index in [2.05, 4.69) is 44.3 Å². The number of hydrogen-bond donors (Lipinski definition) is 1. The van der Waals surface area contributed by atoms with Gasteiger partial charge in [-0.3, -0.25) is 4.79 Å². The second-order valence-corrected chi connectivity index (χ2v) is 6.35. The molecule has 0 saturated carbocycles. The first kappa shape index (κ1) is 18.1. The van der Waals surface area contributed by atoms with Crippen LogP contribution in [0.4, 0.5) is 0 Å². The monoisotopic (exact) mass is 325 g/mol. The Labute approximate surface area is 145 Å².